The van der Waals surface area contributed by atoms with Crippen LogP contribution in [-0.4, -0.2) is 54.8 Å². The van der Waals surface area contributed by atoms with Crippen molar-refractivity contribution in [3.8, 4) is 11.3 Å². The Kier molecular flexibility index (Phi) is 7.10. The minimum atomic E-state index is -3.61. The number of thiazole rings is 1. The largest absolute Gasteiger partial charge is 0.463 e. The SMILES string of the molecule is O=[N+]([O-])c1ccc(-c2csc(=Nc3ccc(S(=O)(=O)N4CCOCC4)cc3)n2N=Cc2ccco2)cc1. The van der Waals surface area contributed by atoms with Gasteiger partial charge in [-0.15, -0.1) is 11.3 Å². The van der Waals surface area contributed by atoms with Gasteiger partial charge in [-0.3, -0.25) is 10.1 Å². The molecule has 13 heteroatoms. The van der Waals surface area contributed by atoms with E-state index in [1.54, 1.807) is 47.3 Å². The molecule has 1 aliphatic heterocycles. The monoisotopic (exact) mass is 539 g/mol. The summed E-state index contributed by atoms with van der Waals surface area (Å²) >= 11 is 1.32. The van der Waals surface area contributed by atoms with Crippen LogP contribution >= 0.6 is 11.3 Å². The number of rotatable bonds is 7. The second kappa shape index (κ2) is 10.6. The highest BCUT2D eigenvalue weighted by molar-refractivity contribution is 7.89. The quantitative estimate of drug-likeness (QED) is 0.199. The van der Waals surface area contributed by atoms with Crippen LogP contribution in [0.4, 0.5) is 11.4 Å². The van der Waals surface area contributed by atoms with Gasteiger partial charge in [0.05, 0.1) is 46.9 Å². The van der Waals surface area contributed by atoms with E-state index in [1.807, 2.05) is 5.38 Å². The summed E-state index contributed by atoms with van der Waals surface area (Å²) in [6.07, 6.45) is 3.08. The van der Waals surface area contributed by atoms with Crippen LogP contribution in [0.1, 0.15) is 5.76 Å². The Morgan fingerprint density at radius 1 is 1.03 bits per heavy atom. The first-order valence-corrected chi connectivity index (χ1v) is 13.5. The second-order valence-corrected chi connectivity index (χ2v) is 10.7. The summed E-state index contributed by atoms with van der Waals surface area (Å²) in [6.45, 7) is 1.40. The molecule has 3 heterocycles. The number of nitro groups is 1. The highest BCUT2D eigenvalue weighted by atomic mass is 32.2. The minimum Gasteiger partial charge on any atom is -0.463 e. The maximum absolute atomic E-state index is 12.9. The van der Waals surface area contributed by atoms with Crippen LogP contribution in [-0.2, 0) is 14.8 Å². The standard InChI is InChI=1S/C24H21N5O6S2/c30-29(31)20-7-3-18(4-8-20)23-17-36-24(28(23)25-16-21-2-1-13-35-21)26-19-5-9-22(10-6-19)37(32,33)27-11-14-34-15-12-27/h1-10,13,16-17H,11-12,14-15H2. The second-order valence-electron chi connectivity index (χ2n) is 7.90. The van der Waals surface area contributed by atoms with Gasteiger partial charge in [0.1, 0.15) is 5.76 Å². The summed E-state index contributed by atoms with van der Waals surface area (Å²) in [6, 6.07) is 16.0. The van der Waals surface area contributed by atoms with Gasteiger partial charge in [0, 0.05) is 36.2 Å². The smallest absolute Gasteiger partial charge is 0.269 e. The molecule has 37 heavy (non-hydrogen) atoms. The van der Waals surface area contributed by atoms with Gasteiger partial charge in [0.2, 0.25) is 14.8 Å². The van der Waals surface area contributed by atoms with Crippen molar-refractivity contribution < 1.29 is 22.5 Å². The molecule has 4 aromatic rings. The van der Waals surface area contributed by atoms with Crippen molar-refractivity contribution in [2.24, 2.45) is 10.1 Å². The molecule has 0 atom stereocenters. The fourth-order valence-electron chi connectivity index (χ4n) is 3.66. The molecule has 11 nitrogen and oxygen atoms in total. The Balaban J connectivity index is 1.50. The predicted molar refractivity (Wildman–Crippen MR) is 137 cm³/mol. The molecule has 0 aliphatic carbocycles. The lowest BCUT2D eigenvalue weighted by Gasteiger charge is -2.26. The van der Waals surface area contributed by atoms with Crippen molar-refractivity contribution in [1.29, 1.82) is 0 Å². The van der Waals surface area contributed by atoms with Gasteiger partial charge in [-0.25, -0.2) is 18.1 Å². The average Bonchev–Trinajstić information content (AvgIpc) is 3.58. The van der Waals surface area contributed by atoms with Gasteiger partial charge < -0.3 is 9.15 Å². The summed E-state index contributed by atoms with van der Waals surface area (Å²) in [4.78, 5) is 16.0. The van der Waals surface area contributed by atoms with Crippen LogP contribution in [0.15, 0.2) is 91.7 Å². The minimum absolute atomic E-state index is 0.0124. The number of non-ortho nitro benzene ring substituents is 1. The lowest BCUT2D eigenvalue weighted by molar-refractivity contribution is -0.384. The third-order valence-corrected chi connectivity index (χ3v) is 8.30. The maximum atomic E-state index is 12.9. The van der Waals surface area contributed by atoms with Crippen LogP contribution in [0, 0.1) is 10.1 Å². The van der Waals surface area contributed by atoms with E-state index < -0.39 is 14.9 Å². The van der Waals surface area contributed by atoms with Crippen molar-refractivity contribution in [3.63, 3.8) is 0 Å². The molecule has 0 saturated carbocycles. The zero-order valence-corrected chi connectivity index (χ0v) is 21.0. The summed E-state index contributed by atoms with van der Waals surface area (Å²) in [5.74, 6) is 0.539. The lowest BCUT2D eigenvalue weighted by Crippen LogP contribution is -2.40. The first kappa shape index (κ1) is 24.8. The molecule has 0 bridgehead atoms. The Labute approximate surface area is 215 Å². The Bertz CT molecular complexity index is 1580. The molecule has 1 saturated heterocycles. The molecule has 0 unspecified atom stereocenters. The van der Waals surface area contributed by atoms with Crippen molar-refractivity contribution in [2.75, 3.05) is 26.3 Å². The molecule has 2 aromatic carbocycles. The van der Waals surface area contributed by atoms with Gasteiger partial charge in [0.15, 0.2) is 0 Å². The Morgan fingerprint density at radius 3 is 2.41 bits per heavy atom. The molecular formula is C24H21N5O6S2. The van der Waals surface area contributed by atoms with E-state index in [1.165, 1.54) is 46.2 Å². The topological polar surface area (TPSA) is 133 Å². The number of aromatic nitrogens is 1. The van der Waals surface area contributed by atoms with Crippen molar-refractivity contribution in [1.82, 2.24) is 8.98 Å². The molecule has 0 spiro atoms. The first-order valence-electron chi connectivity index (χ1n) is 11.2. The van der Waals surface area contributed by atoms with Crippen molar-refractivity contribution >= 4 is 38.9 Å². The summed E-state index contributed by atoms with van der Waals surface area (Å²) in [5.41, 5.74) is 1.92. The summed E-state index contributed by atoms with van der Waals surface area (Å²) < 4.78 is 39.4. The number of furan rings is 1. The average molecular weight is 540 g/mol. The van der Waals surface area contributed by atoms with E-state index in [2.05, 4.69) is 10.1 Å². The van der Waals surface area contributed by atoms with E-state index in [0.29, 0.717) is 53.8 Å². The number of hydrogen-bond donors (Lipinski definition) is 0. The van der Waals surface area contributed by atoms with Crippen molar-refractivity contribution in [3.05, 3.63) is 93.0 Å². The molecule has 1 fully saturated rings. The van der Waals surface area contributed by atoms with Gasteiger partial charge in [-0.05, 0) is 48.5 Å². The number of nitrogens with zero attached hydrogens (tertiary/aromatic N) is 5. The zero-order chi connectivity index (χ0) is 25.8. The highest BCUT2D eigenvalue weighted by Gasteiger charge is 2.26. The Hall–Kier alpha value is -3.91. The third kappa shape index (κ3) is 5.44. The number of hydrogen-bond acceptors (Lipinski definition) is 9. The van der Waals surface area contributed by atoms with E-state index in [0.717, 1.165) is 0 Å². The molecule has 1 aliphatic rings. The van der Waals surface area contributed by atoms with Crippen LogP contribution in [0.2, 0.25) is 0 Å². The normalized spacial score (nSPS) is 15.4. The Morgan fingerprint density at radius 2 is 1.76 bits per heavy atom. The zero-order valence-electron chi connectivity index (χ0n) is 19.3. The number of nitro benzene ring substituents is 1. The van der Waals surface area contributed by atoms with Crippen molar-refractivity contribution in [2.45, 2.75) is 4.90 Å². The van der Waals surface area contributed by atoms with Crippen LogP contribution in [0.25, 0.3) is 11.3 Å². The lowest BCUT2D eigenvalue weighted by atomic mass is 10.1. The number of benzene rings is 2. The molecule has 5 rings (SSSR count). The van der Waals surface area contributed by atoms with E-state index in [9.17, 15) is 18.5 Å². The van der Waals surface area contributed by atoms with Gasteiger partial charge in [-0.1, -0.05) is 0 Å². The predicted octanol–water partition coefficient (Wildman–Crippen LogP) is 3.85. The summed E-state index contributed by atoms with van der Waals surface area (Å²) in [5, 5.41) is 17.4. The molecule has 0 N–H and O–H groups in total. The number of ether oxygens (including phenoxy) is 1. The first-order chi connectivity index (χ1) is 17.9. The molecular weight excluding hydrogens is 518 g/mol. The van der Waals surface area contributed by atoms with Gasteiger partial charge in [0.25, 0.3) is 5.69 Å². The fourth-order valence-corrected chi connectivity index (χ4v) is 5.92. The van der Waals surface area contributed by atoms with E-state index >= 15 is 0 Å². The van der Waals surface area contributed by atoms with E-state index in [-0.39, 0.29) is 10.6 Å². The molecule has 0 radical (unpaired) electrons. The number of morpholine rings is 1. The highest BCUT2D eigenvalue weighted by Crippen LogP contribution is 2.24. The van der Waals surface area contributed by atoms with Crippen LogP contribution in [0.5, 0.6) is 0 Å². The van der Waals surface area contributed by atoms with Gasteiger partial charge >= 0.3 is 0 Å². The van der Waals surface area contributed by atoms with E-state index in [4.69, 9.17) is 9.15 Å². The number of sulfonamides is 1. The molecule has 0 amide bonds. The van der Waals surface area contributed by atoms with Gasteiger partial charge in [-0.2, -0.15) is 9.41 Å². The fraction of sp³-hybridized carbons (Fsp3) is 0.167. The maximum Gasteiger partial charge on any atom is 0.269 e. The third-order valence-electron chi connectivity index (χ3n) is 5.57. The molecule has 2 aromatic heterocycles. The van der Waals surface area contributed by atoms with Crippen LogP contribution < -0.4 is 4.80 Å². The molecule has 190 valence electrons. The van der Waals surface area contributed by atoms with Crippen LogP contribution in [0.3, 0.4) is 0 Å². The summed E-state index contributed by atoms with van der Waals surface area (Å²) in [7, 11) is -3.61.